The summed E-state index contributed by atoms with van der Waals surface area (Å²) in [6.07, 6.45) is 3.94. The minimum Gasteiger partial charge on any atom is -0.390 e. The first-order valence-corrected chi connectivity index (χ1v) is 7.76. The zero-order valence-electron chi connectivity index (χ0n) is 12.7. The van der Waals surface area contributed by atoms with Crippen molar-refractivity contribution in [1.82, 2.24) is 5.32 Å². The van der Waals surface area contributed by atoms with Gasteiger partial charge in [-0.25, -0.2) is 0 Å². The third-order valence-electron chi connectivity index (χ3n) is 4.82. The van der Waals surface area contributed by atoms with Gasteiger partial charge in [-0.15, -0.1) is 0 Å². The molecule has 0 spiro atoms. The molecule has 1 aromatic carbocycles. The fourth-order valence-corrected chi connectivity index (χ4v) is 3.00. The van der Waals surface area contributed by atoms with Crippen LogP contribution in [0, 0.1) is 5.92 Å². The number of benzene rings is 1. The molecule has 20 heavy (non-hydrogen) atoms. The van der Waals surface area contributed by atoms with Crippen LogP contribution < -0.4 is 11.1 Å². The lowest BCUT2D eigenvalue weighted by Crippen LogP contribution is -2.58. The number of nitrogens with two attached hydrogens (primary N) is 1. The molecule has 0 heterocycles. The van der Waals surface area contributed by atoms with E-state index in [0.717, 1.165) is 6.42 Å². The fourth-order valence-electron chi connectivity index (χ4n) is 3.00. The molecular weight excluding hydrogens is 248 g/mol. The maximum atomic E-state index is 10.3. The molecule has 2 atom stereocenters. The molecule has 0 unspecified atom stereocenters. The van der Waals surface area contributed by atoms with E-state index < -0.39 is 6.10 Å². The van der Waals surface area contributed by atoms with Gasteiger partial charge in [-0.1, -0.05) is 44.2 Å². The van der Waals surface area contributed by atoms with Crippen LogP contribution in [0.1, 0.15) is 38.7 Å². The summed E-state index contributed by atoms with van der Waals surface area (Å²) in [6, 6.07) is 9.91. The van der Waals surface area contributed by atoms with E-state index in [1.807, 2.05) is 18.2 Å². The third-order valence-corrected chi connectivity index (χ3v) is 4.82. The van der Waals surface area contributed by atoms with Crippen LogP contribution in [-0.4, -0.2) is 29.3 Å². The van der Waals surface area contributed by atoms with Gasteiger partial charge in [0.05, 0.1) is 6.10 Å². The molecule has 0 amide bonds. The molecule has 1 aliphatic rings. The second kappa shape index (κ2) is 6.70. The molecule has 3 heteroatoms. The van der Waals surface area contributed by atoms with Crippen molar-refractivity contribution >= 4 is 0 Å². The Hall–Kier alpha value is -0.900. The van der Waals surface area contributed by atoms with Crippen LogP contribution in [-0.2, 0) is 6.42 Å². The predicted molar refractivity (Wildman–Crippen MR) is 83.6 cm³/mol. The summed E-state index contributed by atoms with van der Waals surface area (Å²) in [5.41, 5.74) is 7.54. The summed E-state index contributed by atoms with van der Waals surface area (Å²) >= 11 is 0. The van der Waals surface area contributed by atoms with E-state index in [-0.39, 0.29) is 11.6 Å². The Morgan fingerprint density at radius 2 is 1.90 bits per heavy atom. The van der Waals surface area contributed by atoms with Gasteiger partial charge in [-0.3, -0.25) is 0 Å². The highest BCUT2D eigenvalue weighted by Crippen LogP contribution is 2.38. The zero-order valence-corrected chi connectivity index (χ0v) is 12.7. The maximum Gasteiger partial charge on any atom is 0.0818 e. The normalized spacial score (nSPS) is 20.4. The van der Waals surface area contributed by atoms with Gasteiger partial charge >= 0.3 is 0 Å². The Morgan fingerprint density at radius 1 is 1.25 bits per heavy atom. The molecule has 0 radical (unpaired) electrons. The Balaban J connectivity index is 1.81. The monoisotopic (exact) mass is 276 g/mol. The van der Waals surface area contributed by atoms with Crippen molar-refractivity contribution in [3.8, 4) is 0 Å². The minimum absolute atomic E-state index is 0.214. The number of aliphatic hydroxyl groups is 1. The lowest BCUT2D eigenvalue weighted by atomic mass is 9.69. The molecule has 4 N–H and O–H groups in total. The quantitative estimate of drug-likeness (QED) is 0.714. The molecule has 0 aromatic heterocycles. The van der Waals surface area contributed by atoms with E-state index in [1.165, 1.54) is 24.8 Å². The summed E-state index contributed by atoms with van der Waals surface area (Å²) in [6.45, 7) is 5.09. The molecule has 1 fully saturated rings. The highest BCUT2D eigenvalue weighted by Gasteiger charge is 2.39. The van der Waals surface area contributed by atoms with Crippen molar-refractivity contribution in [2.45, 2.75) is 57.2 Å². The van der Waals surface area contributed by atoms with Crippen LogP contribution >= 0.6 is 0 Å². The first-order valence-electron chi connectivity index (χ1n) is 7.76. The molecule has 1 aliphatic carbocycles. The Bertz CT molecular complexity index is 401. The van der Waals surface area contributed by atoms with Crippen molar-refractivity contribution in [3.05, 3.63) is 35.9 Å². The van der Waals surface area contributed by atoms with E-state index in [0.29, 0.717) is 12.5 Å². The number of hydrogen-bond acceptors (Lipinski definition) is 3. The first kappa shape index (κ1) is 15.5. The summed E-state index contributed by atoms with van der Waals surface area (Å²) < 4.78 is 0. The van der Waals surface area contributed by atoms with Crippen molar-refractivity contribution in [3.63, 3.8) is 0 Å². The summed E-state index contributed by atoms with van der Waals surface area (Å²) in [5.74, 6) is 0.605. The van der Waals surface area contributed by atoms with Crippen LogP contribution in [0.2, 0.25) is 0 Å². The van der Waals surface area contributed by atoms with Gasteiger partial charge in [0, 0.05) is 18.1 Å². The lowest BCUT2D eigenvalue weighted by Gasteiger charge is -2.47. The molecule has 1 aromatic rings. The zero-order chi connectivity index (χ0) is 14.6. The topological polar surface area (TPSA) is 58.3 Å². The van der Waals surface area contributed by atoms with Gasteiger partial charge in [0.25, 0.3) is 0 Å². The number of rotatable bonds is 7. The summed E-state index contributed by atoms with van der Waals surface area (Å²) in [5, 5.41) is 13.8. The van der Waals surface area contributed by atoms with Gasteiger partial charge in [-0.05, 0) is 37.2 Å². The van der Waals surface area contributed by atoms with Crippen molar-refractivity contribution in [2.75, 3.05) is 6.54 Å². The molecule has 0 aliphatic heterocycles. The number of hydrogen-bond donors (Lipinski definition) is 3. The van der Waals surface area contributed by atoms with Crippen LogP contribution in [0.5, 0.6) is 0 Å². The van der Waals surface area contributed by atoms with Crippen LogP contribution in [0.3, 0.4) is 0 Å². The average Bonchev–Trinajstić information content (AvgIpc) is 2.37. The smallest absolute Gasteiger partial charge is 0.0818 e. The fraction of sp³-hybridized carbons (Fsp3) is 0.647. The molecule has 0 saturated heterocycles. The standard InChI is InChI=1S/C17H28N2O/c1-13(2)17(9-6-10-17)19-12-16(20)15(18)11-14-7-4-3-5-8-14/h3-5,7-8,13,15-16,19-20H,6,9-12,18H2,1-2H3/t15-,16+/m0/s1. The number of β-amino-alcohol motifs (C(OH)–C–C–N with tert-alkyl or cyclic N) is 1. The molecule has 1 saturated carbocycles. The maximum absolute atomic E-state index is 10.3. The summed E-state index contributed by atoms with van der Waals surface area (Å²) in [4.78, 5) is 0. The molecule has 112 valence electrons. The molecule has 2 rings (SSSR count). The van der Waals surface area contributed by atoms with E-state index in [9.17, 15) is 5.11 Å². The Labute approximate surface area is 122 Å². The predicted octanol–water partition coefficient (Wildman–Crippen LogP) is 2.09. The van der Waals surface area contributed by atoms with Crippen molar-refractivity contribution in [1.29, 1.82) is 0 Å². The Morgan fingerprint density at radius 3 is 2.40 bits per heavy atom. The van der Waals surface area contributed by atoms with Gasteiger partial charge in [-0.2, -0.15) is 0 Å². The minimum atomic E-state index is -0.494. The largest absolute Gasteiger partial charge is 0.390 e. The highest BCUT2D eigenvalue weighted by atomic mass is 16.3. The summed E-state index contributed by atoms with van der Waals surface area (Å²) in [7, 11) is 0. The van der Waals surface area contributed by atoms with E-state index in [4.69, 9.17) is 5.73 Å². The highest BCUT2D eigenvalue weighted by molar-refractivity contribution is 5.16. The van der Waals surface area contributed by atoms with Crippen molar-refractivity contribution < 1.29 is 5.11 Å². The molecular formula is C17H28N2O. The van der Waals surface area contributed by atoms with Crippen LogP contribution in [0.15, 0.2) is 30.3 Å². The second-order valence-electron chi connectivity index (χ2n) is 6.47. The van der Waals surface area contributed by atoms with Gasteiger partial charge in [0.15, 0.2) is 0 Å². The van der Waals surface area contributed by atoms with E-state index >= 15 is 0 Å². The van der Waals surface area contributed by atoms with Gasteiger partial charge in [0.1, 0.15) is 0 Å². The van der Waals surface area contributed by atoms with E-state index in [1.54, 1.807) is 0 Å². The van der Waals surface area contributed by atoms with Crippen molar-refractivity contribution in [2.24, 2.45) is 11.7 Å². The second-order valence-corrected chi connectivity index (χ2v) is 6.47. The number of aliphatic hydroxyl groups excluding tert-OH is 1. The third kappa shape index (κ3) is 3.60. The van der Waals surface area contributed by atoms with Crippen LogP contribution in [0.25, 0.3) is 0 Å². The average molecular weight is 276 g/mol. The van der Waals surface area contributed by atoms with E-state index in [2.05, 4.69) is 31.3 Å². The first-order chi connectivity index (χ1) is 9.53. The van der Waals surface area contributed by atoms with Crippen LogP contribution in [0.4, 0.5) is 0 Å². The Kier molecular flexibility index (Phi) is 5.19. The SMILES string of the molecule is CC(C)C1(NC[C@@H](O)[C@@H](N)Cc2ccccc2)CCC1. The molecule has 3 nitrogen and oxygen atoms in total. The number of nitrogens with one attached hydrogen (secondary N) is 1. The van der Waals surface area contributed by atoms with Gasteiger partial charge < -0.3 is 16.2 Å². The molecule has 0 bridgehead atoms. The lowest BCUT2D eigenvalue weighted by molar-refractivity contribution is 0.0785. The van der Waals surface area contributed by atoms with Gasteiger partial charge in [0.2, 0.25) is 0 Å².